The Labute approximate surface area is 79.9 Å². The van der Waals surface area contributed by atoms with Crippen molar-refractivity contribution in [3.63, 3.8) is 0 Å². The van der Waals surface area contributed by atoms with Crippen molar-refractivity contribution in [1.29, 1.82) is 0 Å². The van der Waals surface area contributed by atoms with Crippen LogP contribution in [0.1, 0.15) is 6.92 Å². The summed E-state index contributed by atoms with van der Waals surface area (Å²) in [4.78, 5) is 20.5. The standard InChI is InChI=1S/C9H7O5/c1-6(10)13-7-2-4-8(5-3-7)14-9(11)12/h2-5H,1H3. The van der Waals surface area contributed by atoms with Crippen LogP contribution in [0.15, 0.2) is 24.3 Å². The second kappa shape index (κ2) is 4.27. The molecule has 0 aromatic heterocycles. The Morgan fingerprint density at radius 2 is 1.43 bits per heavy atom. The van der Waals surface area contributed by atoms with E-state index in [4.69, 9.17) is 4.74 Å². The minimum Gasteiger partial charge on any atom is -0.427 e. The van der Waals surface area contributed by atoms with Gasteiger partial charge in [0.2, 0.25) is 0 Å². The van der Waals surface area contributed by atoms with Gasteiger partial charge in [-0.15, -0.1) is 0 Å². The van der Waals surface area contributed by atoms with E-state index >= 15 is 0 Å². The quantitative estimate of drug-likeness (QED) is 0.407. The van der Waals surface area contributed by atoms with E-state index in [1.807, 2.05) is 0 Å². The lowest BCUT2D eigenvalue weighted by Gasteiger charge is -2.01. The third-order valence-electron chi connectivity index (χ3n) is 1.29. The van der Waals surface area contributed by atoms with Crippen LogP contribution < -0.4 is 9.47 Å². The zero-order valence-electron chi connectivity index (χ0n) is 7.35. The first-order valence-electron chi connectivity index (χ1n) is 3.75. The van der Waals surface area contributed by atoms with Crippen LogP contribution in [0.2, 0.25) is 0 Å². The summed E-state index contributed by atoms with van der Waals surface area (Å²) < 4.78 is 8.96. The van der Waals surface area contributed by atoms with Gasteiger partial charge in [0.25, 0.3) is 0 Å². The van der Waals surface area contributed by atoms with Crippen LogP contribution in [0, 0.1) is 0 Å². The first kappa shape index (κ1) is 10.0. The first-order chi connectivity index (χ1) is 6.58. The Balaban J connectivity index is 2.68. The van der Waals surface area contributed by atoms with E-state index in [0.29, 0.717) is 5.75 Å². The molecule has 0 saturated heterocycles. The molecule has 5 heteroatoms. The van der Waals surface area contributed by atoms with Gasteiger partial charge in [-0.2, -0.15) is 9.90 Å². The van der Waals surface area contributed by atoms with E-state index in [1.54, 1.807) is 0 Å². The molecule has 0 spiro atoms. The van der Waals surface area contributed by atoms with Crippen LogP contribution in [-0.4, -0.2) is 12.1 Å². The summed E-state index contributed by atoms with van der Waals surface area (Å²) in [5.41, 5.74) is 0. The maximum absolute atomic E-state index is 10.5. The van der Waals surface area contributed by atoms with Crippen LogP contribution in [0.4, 0.5) is 4.79 Å². The predicted octanol–water partition coefficient (Wildman–Crippen LogP) is 1.54. The van der Waals surface area contributed by atoms with Crippen molar-refractivity contribution in [3.8, 4) is 11.5 Å². The molecule has 0 aliphatic heterocycles. The molecule has 1 rings (SSSR count). The van der Waals surface area contributed by atoms with Gasteiger partial charge >= 0.3 is 12.1 Å². The minimum atomic E-state index is -1.63. The first-order valence-corrected chi connectivity index (χ1v) is 3.75. The molecule has 14 heavy (non-hydrogen) atoms. The minimum absolute atomic E-state index is 0.112. The Kier molecular flexibility index (Phi) is 3.06. The van der Waals surface area contributed by atoms with Crippen LogP contribution in [0.25, 0.3) is 0 Å². The van der Waals surface area contributed by atoms with Gasteiger partial charge in [-0.1, -0.05) is 0 Å². The fraction of sp³-hybridized carbons (Fsp3) is 0.111. The summed E-state index contributed by atoms with van der Waals surface area (Å²) in [6.07, 6.45) is -1.63. The highest BCUT2D eigenvalue weighted by atomic mass is 16.7. The molecule has 0 atom stereocenters. The van der Waals surface area contributed by atoms with Gasteiger partial charge < -0.3 is 9.47 Å². The van der Waals surface area contributed by atoms with E-state index in [-0.39, 0.29) is 5.75 Å². The summed E-state index contributed by atoms with van der Waals surface area (Å²) in [5.74, 6) is -0.0114. The molecular weight excluding hydrogens is 188 g/mol. The number of carbonyl (C=O) groups is 2. The molecular formula is C9H7O5. The second-order valence-corrected chi connectivity index (χ2v) is 2.42. The fourth-order valence-corrected chi connectivity index (χ4v) is 0.838. The number of hydrogen-bond donors (Lipinski definition) is 0. The van der Waals surface area contributed by atoms with Crippen molar-refractivity contribution in [3.05, 3.63) is 24.3 Å². The van der Waals surface area contributed by atoms with Gasteiger partial charge in [0.05, 0.1) is 0 Å². The van der Waals surface area contributed by atoms with E-state index in [1.165, 1.54) is 31.2 Å². The molecule has 73 valence electrons. The predicted molar refractivity (Wildman–Crippen MR) is 44.5 cm³/mol. The fourth-order valence-electron chi connectivity index (χ4n) is 0.838. The smallest absolute Gasteiger partial charge is 0.427 e. The Hall–Kier alpha value is -2.04. The van der Waals surface area contributed by atoms with Gasteiger partial charge in [0, 0.05) is 6.92 Å². The molecule has 0 unspecified atom stereocenters. The number of carbonyl (C=O) groups excluding carboxylic acids is 2. The Morgan fingerprint density at radius 1 is 1.00 bits per heavy atom. The number of rotatable bonds is 2. The average Bonchev–Trinajstić information content (AvgIpc) is 2.06. The second-order valence-electron chi connectivity index (χ2n) is 2.42. The Morgan fingerprint density at radius 3 is 1.79 bits per heavy atom. The zero-order valence-corrected chi connectivity index (χ0v) is 7.35. The van der Waals surface area contributed by atoms with Crippen molar-refractivity contribution in [2.45, 2.75) is 6.92 Å². The molecule has 1 aromatic rings. The number of benzene rings is 1. The summed E-state index contributed by atoms with van der Waals surface area (Å²) in [7, 11) is 0. The lowest BCUT2D eigenvalue weighted by Crippen LogP contribution is -2.02. The summed E-state index contributed by atoms with van der Waals surface area (Å²) in [5, 5.41) is 10.0. The highest BCUT2D eigenvalue weighted by Crippen LogP contribution is 2.17. The molecule has 0 N–H and O–H groups in total. The van der Waals surface area contributed by atoms with Crippen LogP contribution in [0.3, 0.4) is 0 Å². The highest BCUT2D eigenvalue weighted by Gasteiger charge is 2.03. The van der Waals surface area contributed by atoms with Crippen molar-refractivity contribution in [2.75, 3.05) is 0 Å². The maximum Gasteiger partial charge on any atom is 0.555 e. The third kappa shape index (κ3) is 3.14. The largest absolute Gasteiger partial charge is 0.555 e. The van der Waals surface area contributed by atoms with E-state index in [2.05, 4.69) is 4.74 Å². The summed E-state index contributed by atoms with van der Waals surface area (Å²) in [6, 6.07) is 5.54. The molecule has 0 aliphatic rings. The van der Waals surface area contributed by atoms with Crippen LogP contribution >= 0.6 is 0 Å². The number of esters is 1. The average molecular weight is 195 g/mol. The Bertz CT molecular complexity index is 306. The highest BCUT2D eigenvalue weighted by molar-refractivity contribution is 5.69. The van der Waals surface area contributed by atoms with Gasteiger partial charge in [0.1, 0.15) is 11.5 Å². The summed E-state index contributed by atoms with van der Waals surface area (Å²) >= 11 is 0. The van der Waals surface area contributed by atoms with Gasteiger partial charge in [-0.05, 0) is 24.3 Å². The third-order valence-corrected chi connectivity index (χ3v) is 1.29. The van der Waals surface area contributed by atoms with Crippen molar-refractivity contribution in [2.24, 2.45) is 0 Å². The maximum atomic E-state index is 10.5. The lowest BCUT2D eigenvalue weighted by atomic mass is 10.3. The SMILES string of the molecule is CC(=O)Oc1ccc(OC([O])=O)cc1. The molecule has 1 aromatic carbocycles. The van der Waals surface area contributed by atoms with Crippen LogP contribution in [-0.2, 0) is 9.90 Å². The zero-order chi connectivity index (χ0) is 10.6. The molecule has 0 aliphatic carbocycles. The summed E-state index contributed by atoms with van der Waals surface area (Å²) in [6.45, 7) is 1.27. The topological polar surface area (TPSA) is 72.5 Å². The van der Waals surface area contributed by atoms with Gasteiger partial charge in [-0.25, -0.2) is 0 Å². The van der Waals surface area contributed by atoms with Crippen molar-refractivity contribution in [1.82, 2.24) is 0 Å². The molecule has 0 heterocycles. The molecule has 1 radical (unpaired) electrons. The molecule has 0 amide bonds. The van der Waals surface area contributed by atoms with E-state index in [0.717, 1.165) is 0 Å². The van der Waals surface area contributed by atoms with Gasteiger partial charge in [-0.3, -0.25) is 4.79 Å². The van der Waals surface area contributed by atoms with Crippen molar-refractivity contribution < 1.29 is 24.2 Å². The monoisotopic (exact) mass is 195 g/mol. The molecule has 0 fully saturated rings. The van der Waals surface area contributed by atoms with Crippen molar-refractivity contribution >= 4 is 12.1 Å². The van der Waals surface area contributed by atoms with E-state index in [9.17, 15) is 14.7 Å². The molecule has 5 nitrogen and oxygen atoms in total. The normalized spacial score (nSPS) is 9.21. The van der Waals surface area contributed by atoms with Crippen LogP contribution in [0.5, 0.6) is 11.5 Å². The number of ether oxygens (including phenoxy) is 2. The molecule has 0 bridgehead atoms. The number of hydrogen-bond acceptors (Lipinski definition) is 4. The van der Waals surface area contributed by atoms with E-state index < -0.39 is 12.1 Å². The lowest BCUT2D eigenvalue weighted by molar-refractivity contribution is -0.131. The van der Waals surface area contributed by atoms with Gasteiger partial charge in [0.15, 0.2) is 0 Å². The molecule has 0 saturated carbocycles.